The zero-order valence-corrected chi connectivity index (χ0v) is 12.5. The Hall–Kier alpha value is -1.54. The molecular formula is C18H22O2. The molecule has 0 N–H and O–H groups in total. The molecule has 2 aliphatic rings. The molecule has 0 aromatic heterocycles. The third-order valence-electron chi connectivity index (χ3n) is 4.01. The Balaban J connectivity index is 2.04. The minimum atomic E-state index is -0.0708. The van der Waals surface area contributed by atoms with Gasteiger partial charge in [0.2, 0.25) is 6.29 Å². The second kappa shape index (κ2) is 5.45. The van der Waals surface area contributed by atoms with Gasteiger partial charge < -0.3 is 9.47 Å². The predicted molar refractivity (Wildman–Crippen MR) is 81.9 cm³/mol. The standard InChI is InChI=1S/C18H22O2/c1-12(2)11-14-7-4-5-8-15(14)17-13(3)20-18-16(17)9-6-10-19-18/h4-5,7-8,11,16,18H,6,9-10H2,1-3H3/t16-,18-/m1/s1. The third-order valence-corrected chi connectivity index (χ3v) is 4.01. The molecule has 2 aliphatic heterocycles. The summed E-state index contributed by atoms with van der Waals surface area (Å²) in [4.78, 5) is 0. The van der Waals surface area contributed by atoms with Gasteiger partial charge >= 0.3 is 0 Å². The van der Waals surface area contributed by atoms with E-state index in [-0.39, 0.29) is 6.29 Å². The molecule has 0 aliphatic carbocycles. The van der Waals surface area contributed by atoms with Crippen molar-refractivity contribution in [1.82, 2.24) is 0 Å². The Bertz CT molecular complexity index is 565. The minimum absolute atomic E-state index is 0.0708. The zero-order valence-electron chi connectivity index (χ0n) is 12.5. The highest BCUT2D eigenvalue weighted by molar-refractivity contribution is 5.78. The quantitative estimate of drug-likeness (QED) is 0.780. The molecule has 2 nitrogen and oxygen atoms in total. The van der Waals surface area contributed by atoms with Crippen molar-refractivity contribution in [1.29, 1.82) is 0 Å². The topological polar surface area (TPSA) is 18.5 Å². The highest BCUT2D eigenvalue weighted by Gasteiger charge is 2.38. The summed E-state index contributed by atoms with van der Waals surface area (Å²) in [6.45, 7) is 7.15. The fourth-order valence-corrected chi connectivity index (χ4v) is 3.22. The van der Waals surface area contributed by atoms with E-state index in [1.807, 2.05) is 0 Å². The molecule has 0 amide bonds. The molecule has 2 heterocycles. The van der Waals surface area contributed by atoms with Gasteiger partial charge in [0.1, 0.15) is 5.76 Å². The van der Waals surface area contributed by atoms with Crippen molar-refractivity contribution in [2.75, 3.05) is 6.61 Å². The lowest BCUT2D eigenvalue weighted by atomic mass is 9.85. The average molecular weight is 270 g/mol. The Kier molecular flexibility index (Phi) is 3.66. The molecule has 20 heavy (non-hydrogen) atoms. The van der Waals surface area contributed by atoms with Crippen LogP contribution in [0.1, 0.15) is 44.7 Å². The summed E-state index contributed by atoms with van der Waals surface area (Å²) in [5, 5.41) is 0. The van der Waals surface area contributed by atoms with Crippen LogP contribution in [0, 0.1) is 5.92 Å². The Labute approximate surface area is 121 Å². The molecule has 1 aromatic carbocycles. The molecule has 1 saturated heterocycles. The van der Waals surface area contributed by atoms with Gasteiger partial charge in [-0.25, -0.2) is 0 Å². The average Bonchev–Trinajstić information content (AvgIpc) is 2.75. The van der Waals surface area contributed by atoms with Crippen molar-refractivity contribution in [3.63, 3.8) is 0 Å². The lowest BCUT2D eigenvalue weighted by Gasteiger charge is -2.26. The lowest BCUT2D eigenvalue weighted by molar-refractivity contribution is -0.143. The summed E-state index contributed by atoms with van der Waals surface area (Å²) in [5.74, 6) is 1.41. The van der Waals surface area contributed by atoms with Crippen LogP contribution < -0.4 is 0 Å². The van der Waals surface area contributed by atoms with Gasteiger partial charge in [0, 0.05) is 5.57 Å². The van der Waals surface area contributed by atoms with Crippen molar-refractivity contribution >= 4 is 11.6 Å². The van der Waals surface area contributed by atoms with E-state index >= 15 is 0 Å². The van der Waals surface area contributed by atoms with E-state index in [4.69, 9.17) is 9.47 Å². The molecule has 0 spiro atoms. The Morgan fingerprint density at radius 2 is 2.05 bits per heavy atom. The number of allylic oxidation sites excluding steroid dienone is 2. The van der Waals surface area contributed by atoms with Crippen LogP contribution in [0.2, 0.25) is 0 Å². The molecule has 106 valence electrons. The highest BCUT2D eigenvalue weighted by atomic mass is 16.7. The van der Waals surface area contributed by atoms with E-state index < -0.39 is 0 Å². The normalized spacial score (nSPS) is 25.1. The van der Waals surface area contributed by atoms with E-state index in [0.717, 1.165) is 25.2 Å². The van der Waals surface area contributed by atoms with E-state index in [0.29, 0.717) is 5.92 Å². The SMILES string of the molecule is CC(C)=Cc1ccccc1C1=C(C)O[C@H]2OCCC[C@H]12. The molecular weight excluding hydrogens is 248 g/mol. The first kappa shape index (κ1) is 13.4. The third kappa shape index (κ3) is 2.40. The summed E-state index contributed by atoms with van der Waals surface area (Å²) in [5.41, 5.74) is 5.22. The number of hydrogen-bond donors (Lipinski definition) is 0. The van der Waals surface area contributed by atoms with Crippen LogP contribution in [0.15, 0.2) is 35.6 Å². The second-order valence-electron chi connectivity index (χ2n) is 5.88. The van der Waals surface area contributed by atoms with Crippen LogP contribution in [0.5, 0.6) is 0 Å². The summed E-state index contributed by atoms with van der Waals surface area (Å²) >= 11 is 0. The molecule has 3 rings (SSSR count). The van der Waals surface area contributed by atoms with Gasteiger partial charge in [-0.1, -0.05) is 35.9 Å². The summed E-state index contributed by atoms with van der Waals surface area (Å²) in [6.07, 6.45) is 4.44. The first-order valence-corrected chi connectivity index (χ1v) is 7.40. The van der Waals surface area contributed by atoms with Gasteiger partial charge in [0.15, 0.2) is 0 Å². The first-order chi connectivity index (χ1) is 9.66. The Morgan fingerprint density at radius 1 is 1.25 bits per heavy atom. The van der Waals surface area contributed by atoms with Crippen molar-refractivity contribution in [3.05, 3.63) is 46.7 Å². The number of ether oxygens (including phenoxy) is 2. The smallest absolute Gasteiger partial charge is 0.206 e. The summed E-state index contributed by atoms with van der Waals surface area (Å²) in [6, 6.07) is 8.58. The maximum Gasteiger partial charge on any atom is 0.206 e. The molecule has 1 aromatic rings. The zero-order chi connectivity index (χ0) is 14.1. The van der Waals surface area contributed by atoms with Gasteiger partial charge in [-0.3, -0.25) is 0 Å². The molecule has 2 heteroatoms. The monoisotopic (exact) mass is 270 g/mol. The fraction of sp³-hybridized carbons (Fsp3) is 0.444. The maximum absolute atomic E-state index is 5.93. The molecule has 0 radical (unpaired) electrons. The van der Waals surface area contributed by atoms with Crippen LogP contribution in [0.4, 0.5) is 0 Å². The number of rotatable bonds is 2. The Morgan fingerprint density at radius 3 is 2.85 bits per heavy atom. The lowest BCUT2D eigenvalue weighted by Crippen LogP contribution is -2.27. The summed E-state index contributed by atoms with van der Waals surface area (Å²) < 4.78 is 11.7. The summed E-state index contributed by atoms with van der Waals surface area (Å²) in [7, 11) is 0. The highest BCUT2D eigenvalue weighted by Crippen LogP contribution is 2.44. The fourth-order valence-electron chi connectivity index (χ4n) is 3.22. The van der Waals surface area contributed by atoms with E-state index in [2.05, 4.69) is 51.1 Å². The number of benzene rings is 1. The van der Waals surface area contributed by atoms with Crippen molar-refractivity contribution in [3.8, 4) is 0 Å². The van der Waals surface area contributed by atoms with Crippen molar-refractivity contribution in [2.45, 2.75) is 39.9 Å². The molecule has 1 fully saturated rings. The minimum Gasteiger partial charge on any atom is -0.469 e. The van der Waals surface area contributed by atoms with E-state index in [1.165, 1.54) is 22.3 Å². The van der Waals surface area contributed by atoms with E-state index in [1.54, 1.807) is 0 Å². The van der Waals surface area contributed by atoms with Gasteiger partial charge in [-0.05, 0) is 44.7 Å². The van der Waals surface area contributed by atoms with E-state index in [9.17, 15) is 0 Å². The first-order valence-electron chi connectivity index (χ1n) is 7.40. The number of fused-ring (bicyclic) bond motifs is 1. The van der Waals surface area contributed by atoms with Crippen LogP contribution in [0.3, 0.4) is 0 Å². The van der Waals surface area contributed by atoms with Gasteiger partial charge in [-0.2, -0.15) is 0 Å². The van der Waals surface area contributed by atoms with Crippen molar-refractivity contribution in [2.24, 2.45) is 5.92 Å². The van der Waals surface area contributed by atoms with Crippen LogP contribution in [-0.4, -0.2) is 12.9 Å². The molecule has 0 bridgehead atoms. The second-order valence-corrected chi connectivity index (χ2v) is 5.88. The van der Waals surface area contributed by atoms with Gasteiger partial charge in [-0.15, -0.1) is 0 Å². The number of hydrogen-bond acceptors (Lipinski definition) is 2. The maximum atomic E-state index is 5.93. The van der Waals surface area contributed by atoms with Gasteiger partial charge in [0.05, 0.1) is 12.5 Å². The molecule has 2 atom stereocenters. The largest absolute Gasteiger partial charge is 0.469 e. The van der Waals surface area contributed by atoms with Crippen molar-refractivity contribution < 1.29 is 9.47 Å². The van der Waals surface area contributed by atoms with Crippen LogP contribution in [-0.2, 0) is 9.47 Å². The molecule has 0 unspecified atom stereocenters. The van der Waals surface area contributed by atoms with Crippen LogP contribution in [0.25, 0.3) is 11.6 Å². The van der Waals surface area contributed by atoms with Gasteiger partial charge in [0.25, 0.3) is 0 Å². The molecule has 0 saturated carbocycles. The predicted octanol–water partition coefficient (Wildman–Crippen LogP) is 4.62. The van der Waals surface area contributed by atoms with Crippen LogP contribution >= 0.6 is 0 Å².